The van der Waals surface area contributed by atoms with Crippen molar-refractivity contribution in [3.05, 3.63) is 0 Å². The largest absolute Gasteiger partial charge is 0.415 e. The van der Waals surface area contributed by atoms with Crippen LogP contribution in [0.4, 0.5) is 13.2 Å². The van der Waals surface area contributed by atoms with E-state index in [1.54, 1.807) is 13.8 Å². The van der Waals surface area contributed by atoms with Gasteiger partial charge in [-0.15, -0.1) is 0 Å². The zero-order chi connectivity index (χ0) is 9.41. The van der Waals surface area contributed by atoms with Gasteiger partial charge in [0.2, 0.25) is 0 Å². The number of nitrogens with one attached hydrogen (secondary N) is 1. The smallest absolute Gasteiger partial charge is 0.366 e. The first-order valence-electron chi connectivity index (χ1n) is 3.75. The van der Waals surface area contributed by atoms with Crippen molar-refractivity contribution in [3.8, 4) is 0 Å². The van der Waals surface area contributed by atoms with Crippen LogP contribution in [0.25, 0.3) is 0 Å². The minimum absolute atomic E-state index is 0.0944. The molecule has 0 bridgehead atoms. The molecule has 1 heterocycles. The summed E-state index contributed by atoms with van der Waals surface area (Å²) in [6, 6.07) is 0. The standard InChI is InChI=1S/C7H12F3NO/c1-6(2)4-12-5(3-11-6)7(8,9)10/h5,11H,3-4H2,1-2H3. The fourth-order valence-electron chi connectivity index (χ4n) is 0.998. The third-order valence-electron chi connectivity index (χ3n) is 1.78. The first kappa shape index (κ1) is 9.80. The van der Waals surface area contributed by atoms with E-state index in [0.717, 1.165) is 0 Å². The zero-order valence-corrected chi connectivity index (χ0v) is 7.03. The summed E-state index contributed by atoms with van der Waals surface area (Å²) in [6.45, 7) is 3.55. The lowest BCUT2D eigenvalue weighted by Crippen LogP contribution is -2.57. The molecule has 1 unspecified atom stereocenters. The second kappa shape index (κ2) is 2.88. The van der Waals surface area contributed by atoms with Crippen LogP contribution in [-0.4, -0.2) is 31.0 Å². The van der Waals surface area contributed by atoms with E-state index in [0.29, 0.717) is 0 Å². The maximum absolute atomic E-state index is 12.0. The van der Waals surface area contributed by atoms with Gasteiger partial charge in [-0.05, 0) is 13.8 Å². The molecule has 0 radical (unpaired) electrons. The molecule has 12 heavy (non-hydrogen) atoms. The van der Waals surface area contributed by atoms with Gasteiger partial charge in [-0.25, -0.2) is 0 Å². The normalized spacial score (nSPS) is 30.2. The molecule has 1 N–H and O–H groups in total. The third kappa shape index (κ3) is 2.35. The van der Waals surface area contributed by atoms with Crippen molar-refractivity contribution in [1.29, 1.82) is 0 Å². The number of hydrogen-bond acceptors (Lipinski definition) is 2. The van der Waals surface area contributed by atoms with Crippen molar-refractivity contribution in [1.82, 2.24) is 5.32 Å². The Morgan fingerprint density at radius 2 is 2.00 bits per heavy atom. The highest BCUT2D eigenvalue weighted by atomic mass is 19.4. The second-order valence-electron chi connectivity index (χ2n) is 3.61. The Morgan fingerprint density at radius 3 is 2.33 bits per heavy atom. The van der Waals surface area contributed by atoms with Crippen LogP contribution in [0.2, 0.25) is 0 Å². The number of ether oxygens (including phenoxy) is 1. The summed E-state index contributed by atoms with van der Waals surface area (Å²) in [5.74, 6) is 0. The number of rotatable bonds is 0. The molecule has 1 rings (SSSR count). The van der Waals surface area contributed by atoms with Gasteiger partial charge in [0.1, 0.15) is 0 Å². The monoisotopic (exact) mass is 183 g/mol. The van der Waals surface area contributed by atoms with Crippen molar-refractivity contribution < 1.29 is 17.9 Å². The SMILES string of the molecule is CC1(C)COC(C(F)(F)F)CN1. The molecule has 0 aromatic rings. The number of hydrogen-bond donors (Lipinski definition) is 1. The lowest BCUT2D eigenvalue weighted by atomic mass is 10.0. The van der Waals surface area contributed by atoms with Crippen molar-refractivity contribution in [2.75, 3.05) is 13.2 Å². The van der Waals surface area contributed by atoms with E-state index < -0.39 is 12.3 Å². The van der Waals surface area contributed by atoms with E-state index in [4.69, 9.17) is 0 Å². The molecule has 1 aliphatic heterocycles. The van der Waals surface area contributed by atoms with Crippen molar-refractivity contribution in [3.63, 3.8) is 0 Å². The molecule has 2 nitrogen and oxygen atoms in total. The average Bonchev–Trinajstić information content (AvgIpc) is 1.83. The molecule has 0 aliphatic carbocycles. The molecule has 0 aromatic heterocycles. The Bertz CT molecular complexity index is 157. The Kier molecular flexibility index (Phi) is 2.35. The van der Waals surface area contributed by atoms with E-state index in [-0.39, 0.29) is 18.7 Å². The molecular weight excluding hydrogens is 171 g/mol. The lowest BCUT2D eigenvalue weighted by Gasteiger charge is -2.36. The second-order valence-corrected chi connectivity index (χ2v) is 3.61. The summed E-state index contributed by atoms with van der Waals surface area (Å²) >= 11 is 0. The molecule has 5 heteroatoms. The summed E-state index contributed by atoms with van der Waals surface area (Å²) in [4.78, 5) is 0. The minimum atomic E-state index is -4.25. The van der Waals surface area contributed by atoms with E-state index in [1.807, 2.05) is 0 Å². The third-order valence-corrected chi connectivity index (χ3v) is 1.78. The quantitative estimate of drug-likeness (QED) is 0.611. The first-order chi connectivity index (χ1) is 5.31. The zero-order valence-electron chi connectivity index (χ0n) is 7.03. The van der Waals surface area contributed by atoms with Crippen LogP contribution >= 0.6 is 0 Å². The number of halogens is 3. The number of alkyl halides is 3. The molecule has 0 saturated carbocycles. The molecule has 72 valence electrons. The highest BCUT2D eigenvalue weighted by molar-refractivity contribution is 4.86. The van der Waals surface area contributed by atoms with Crippen LogP contribution in [0.5, 0.6) is 0 Å². The molecule has 1 fully saturated rings. The van der Waals surface area contributed by atoms with Gasteiger partial charge in [-0.2, -0.15) is 13.2 Å². The maximum atomic E-state index is 12.0. The average molecular weight is 183 g/mol. The summed E-state index contributed by atoms with van der Waals surface area (Å²) < 4.78 is 40.8. The Balaban J connectivity index is 2.47. The van der Waals surface area contributed by atoms with Gasteiger partial charge in [0, 0.05) is 12.1 Å². The topological polar surface area (TPSA) is 21.3 Å². The van der Waals surface area contributed by atoms with Gasteiger partial charge in [-0.3, -0.25) is 0 Å². The Morgan fingerprint density at radius 1 is 1.42 bits per heavy atom. The van der Waals surface area contributed by atoms with Gasteiger partial charge in [0.05, 0.1) is 6.61 Å². The first-order valence-corrected chi connectivity index (χ1v) is 3.75. The van der Waals surface area contributed by atoms with Gasteiger partial charge in [0.15, 0.2) is 6.10 Å². The summed E-state index contributed by atoms with van der Waals surface area (Å²) in [5.41, 5.74) is -0.345. The predicted molar refractivity (Wildman–Crippen MR) is 37.9 cm³/mol. The molecule has 0 spiro atoms. The minimum Gasteiger partial charge on any atom is -0.366 e. The van der Waals surface area contributed by atoms with Crippen LogP contribution in [0.3, 0.4) is 0 Å². The fourth-order valence-corrected chi connectivity index (χ4v) is 0.998. The summed E-state index contributed by atoms with van der Waals surface area (Å²) in [6.07, 6.45) is -5.89. The summed E-state index contributed by atoms with van der Waals surface area (Å²) in [7, 11) is 0. The Hall–Kier alpha value is -0.290. The van der Waals surface area contributed by atoms with E-state index >= 15 is 0 Å². The van der Waals surface area contributed by atoms with Crippen LogP contribution in [0.1, 0.15) is 13.8 Å². The van der Waals surface area contributed by atoms with Gasteiger partial charge >= 0.3 is 6.18 Å². The predicted octanol–water partition coefficient (Wildman–Crippen LogP) is 1.32. The molecule has 1 atom stereocenters. The van der Waals surface area contributed by atoms with Crippen LogP contribution in [0, 0.1) is 0 Å². The molecule has 0 aromatic carbocycles. The van der Waals surface area contributed by atoms with Crippen molar-refractivity contribution in [2.45, 2.75) is 31.7 Å². The van der Waals surface area contributed by atoms with Crippen molar-refractivity contribution >= 4 is 0 Å². The van der Waals surface area contributed by atoms with Crippen LogP contribution in [0.15, 0.2) is 0 Å². The van der Waals surface area contributed by atoms with Crippen LogP contribution < -0.4 is 5.32 Å². The van der Waals surface area contributed by atoms with E-state index in [1.165, 1.54) is 0 Å². The fraction of sp³-hybridized carbons (Fsp3) is 1.00. The van der Waals surface area contributed by atoms with Crippen molar-refractivity contribution in [2.24, 2.45) is 0 Å². The highest BCUT2D eigenvalue weighted by Crippen LogP contribution is 2.26. The molecule has 0 amide bonds. The molecule has 1 saturated heterocycles. The molecule has 1 aliphatic rings. The lowest BCUT2D eigenvalue weighted by molar-refractivity contribution is -0.233. The van der Waals surface area contributed by atoms with Gasteiger partial charge in [0.25, 0.3) is 0 Å². The summed E-state index contributed by atoms with van der Waals surface area (Å²) in [5, 5.41) is 2.77. The van der Waals surface area contributed by atoms with E-state index in [9.17, 15) is 13.2 Å². The van der Waals surface area contributed by atoms with E-state index in [2.05, 4.69) is 10.1 Å². The van der Waals surface area contributed by atoms with Gasteiger partial charge in [-0.1, -0.05) is 0 Å². The van der Waals surface area contributed by atoms with Gasteiger partial charge < -0.3 is 10.1 Å². The highest BCUT2D eigenvalue weighted by Gasteiger charge is 2.44. The van der Waals surface area contributed by atoms with Crippen LogP contribution in [-0.2, 0) is 4.74 Å². The molecular formula is C7H12F3NO. The number of morpholine rings is 1. The maximum Gasteiger partial charge on any atom is 0.415 e. The Labute approximate surface area is 69.1 Å².